The average Bonchev–Trinajstić information content (AvgIpc) is 2.67. The second kappa shape index (κ2) is 4.31. The molecule has 17 heavy (non-hydrogen) atoms. The van der Waals surface area contributed by atoms with Crippen molar-refractivity contribution in [3.8, 4) is 5.88 Å². The normalized spacial score (nSPS) is 11.7. The fraction of sp³-hybridized carbons (Fsp3) is 0.583. The Morgan fingerprint density at radius 1 is 1.18 bits per heavy atom. The molecular weight excluding hydrogens is 216 g/mol. The van der Waals surface area contributed by atoms with E-state index in [1.807, 2.05) is 0 Å². The molecule has 2 aromatic rings. The predicted octanol–water partition coefficient (Wildman–Crippen LogP) is 2.54. The Bertz CT molecular complexity index is 531. The molecule has 0 aliphatic heterocycles. The van der Waals surface area contributed by atoms with Gasteiger partial charge in [-0.3, -0.25) is 0 Å². The maximum absolute atomic E-state index is 5.23. The molecule has 0 fully saturated rings. The van der Waals surface area contributed by atoms with Gasteiger partial charge in [-0.05, 0) is 13.8 Å². The van der Waals surface area contributed by atoms with Gasteiger partial charge in [-0.2, -0.15) is 4.98 Å². The van der Waals surface area contributed by atoms with E-state index in [1.165, 1.54) is 6.33 Å². The van der Waals surface area contributed by atoms with Gasteiger partial charge in [0.15, 0.2) is 11.2 Å². The van der Waals surface area contributed by atoms with Gasteiger partial charge in [-0.1, -0.05) is 13.8 Å². The first kappa shape index (κ1) is 11.8. The number of rotatable bonds is 3. The summed E-state index contributed by atoms with van der Waals surface area (Å²) in [5.41, 5.74) is 1.59. The largest absolute Gasteiger partial charge is 0.479 e. The molecule has 0 spiro atoms. The van der Waals surface area contributed by atoms with Gasteiger partial charge < -0.3 is 9.30 Å². The summed E-state index contributed by atoms with van der Waals surface area (Å²) in [6.45, 7) is 8.50. The minimum absolute atomic E-state index is 0.317. The zero-order valence-corrected chi connectivity index (χ0v) is 10.9. The van der Waals surface area contributed by atoms with Crippen molar-refractivity contribution in [2.24, 2.45) is 0 Å². The van der Waals surface area contributed by atoms with Crippen LogP contribution in [0.15, 0.2) is 6.33 Å². The van der Waals surface area contributed by atoms with E-state index in [-0.39, 0.29) is 0 Å². The lowest BCUT2D eigenvalue weighted by molar-refractivity contribution is 0.401. The van der Waals surface area contributed by atoms with Gasteiger partial charge in [0.1, 0.15) is 12.2 Å². The molecule has 2 rings (SSSR count). The van der Waals surface area contributed by atoms with Crippen molar-refractivity contribution in [2.45, 2.75) is 39.7 Å². The molecule has 0 aromatic carbocycles. The summed E-state index contributed by atoms with van der Waals surface area (Å²) >= 11 is 0. The Hall–Kier alpha value is -1.65. The number of imidazole rings is 1. The van der Waals surface area contributed by atoms with Crippen LogP contribution in [0.2, 0.25) is 0 Å². The minimum atomic E-state index is 0.317. The van der Waals surface area contributed by atoms with Crippen LogP contribution in [0.5, 0.6) is 5.88 Å². The Balaban J connectivity index is 2.79. The SMILES string of the molecule is COc1ncnc2c1nc(C(C)C)n2C(C)C. The topological polar surface area (TPSA) is 52.8 Å². The zero-order valence-electron chi connectivity index (χ0n) is 10.9. The molecular formula is C12H18N4O. The molecule has 0 amide bonds. The smallest absolute Gasteiger partial charge is 0.245 e. The lowest BCUT2D eigenvalue weighted by atomic mass is 10.2. The third-order valence-corrected chi connectivity index (χ3v) is 2.70. The van der Waals surface area contributed by atoms with Crippen molar-refractivity contribution in [3.63, 3.8) is 0 Å². The Labute approximate surface area is 101 Å². The summed E-state index contributed by atoms with van der Waals surface area (Å²) < 4.78 is 7.37. The summed E-state index contributed by atoms with van der Waals surface area (Å²) in [6.07, 6.45) is 1.52. The molecule has 0 radical (unpaired) electrons. The van der Waals surface area contributed by atoms with Gasteiger partial charge in [-0.25, -0.2) is 9.97 Å². The van der Waals surface area contributed by atoms with E-state index in [2.05, 4.69) is 47.2 Å². The molecule has 5 heteroatoms. The second-order valence-electron chi connectivity index (χ2n) is 4.64. The van der Waals surface area contributed by atoms with E-state index in [9.17, 15) is 0 Å². The number of fused-ring (bicyclic) bond motifs is 1. The first-order chi connectivity index (χ1) is 8.06. The van der Waals surface area contributed by atoms with Gasteiger partial charge >= 0.3 is 0 Å². The summed E-state index contributed by atoms with van der Waals surface area (Å²) in [5, 5.41) is 0. The van der Waals surface area contributed by atoms with Gasteiger partial charge in [0, 0.05) is 12.0 Å². The van der Waals surface area contributed by atoms with E-state index in [0.29, 0.717) is 17.8 Å². The molecule has 0 saturated carbocycles. The molecule has 0 bridgehead atoms. The molecule has 0 aliphatic rings. The van der Waals surface area contributed by atoms with Crippen LogP contribution in [0.1, 0.15) is 45.5 Å². The number of ether oxygens (including phenoxy) is 1. The van der Waals surface area contributed by atoms with Crippen molar-refractivity contribution in [1.29, 1.82) is 0 Å². The first-order valence-electron chi connectivity index (χ1n) is 5.83. The van der Waals surface area contributed by atoms with Crippen LogP contribution in [0, 0.1) is 0 Å². The van der Waals surface area contributed by atoms with Crippen LogP contribution in [-0.2, 0) is 0 Å². The van der Waals surface area contributed by atoms with Crippen LogP contribution in [0.3, 0.4) is 0 Å². The minimum Gasteiger partial charge on any atom is -0.479 e. The van der Waals surface area contributed by atoms with Gasteiger partial charge in [0.05, 0.1) is 7.11 Å². The van der Waals surface area contributed by atoms with Crippen molar-refractivity contribution >= 4 is 11.2 Å². The molecule has 2 aromatic heterocycles. The lowest BCUT2D eigenvalue weighted by Crippen LogP contribution is -2.08. The van der Waals surface area contributed by atoms with Crippen LogP contribution in [-0.4, -0.2) is 26.6 Å². The van der Waals surface area contributed by atoms with Crippen LogP contribution < -0.4 is 4.74 Å². The van der Waals surface area contributed by atoms with Crippen LogP contribution >= 0.6 is 0 Å². The van der Waals surface area contributed by atoms with Crippen LogP contribution in [0.4, 0.5) is 0 Å². The number of methoxy groups -OCH3 is 1. The summed E-state index contributed by atoms with van der Waals surface area (Å²) in [5.74, 6) is 1.90. The molecule has 5 nitrogen and oxygen atoms in total. The van der Waals surface area contributed by atoms with Gasteiger partial charge in [-0.15, -0.1) is 0 Å². The zero-order chi connectivity index (χ0) is 12.6. The monoisotopic (exact) mass is 234 g/mol. The Morgan fingerprint density at radius 3 is 2.41 bits per heavy atom. The molecule has 0 saturated heterocycles. The molecule has 0 N–H and O–H groups in total. The van der Waals surface area contributed by atoms with Gasteiger partial charge in [0.2, 0.25) is 5.88 Å². The highest BCUT2D eigenvalue weighted by Gasteiger charge is 2.19. The quantitative estimate of drug-likeness (QED) is 0.819. The Morgan fingerprint density at radius 2 is 1.88 bits per heavy atom. The Kier molecular flexibility index (Phi) is 3.00. The highest BCUT2D eigenvalue weighted by molar-refractivity contribution is 5.77. The summed E-state index contributed by atoms with van der Waals surface area (Å²) in [7, 11) is 1.60. The maximum atomic E-state index is 5.23. The average molecular weight is 234 g/mol. The number of nitrogens with zero attached hydrogens (tertiary/aromatic N) is 4. The van der Waals surface area contributed by atoms with E-state index in [1.54, 1.807) is 7.11 Å². The fourth-order valence-electron chi connectivity index (χ4n) is 1.97. The highest BCUT2D eigenvalue weighted by atomic mass is 16.5. The third kappa shape index (κ3) is 1.85. The molecule has 0 unspecified atom stereocenters. The van der Waals surface area contributed by atoms with Crippen molar-refractivity contribution < 1.29 is 4.74 Å². The third-order valence-electron chi connectivity index (χ3n) is 2.70. The van der Waals surface area contributed by atoms with Crippen molar-refractivity contribution in [1.82, 2.24) is 19.5 Å². The molecule has 0 aliphatic carbocycles. The van der Waals surface area contributed by atoms with Gasteiger partial charge in [0.25, 0.3) is 0 Å². The number of hydrogen-bond acceptors (Lipinski definition) is 4. The van der Waals surface area contributed by atoms with E-state index in [0.717, 1.165) is 17.0 Å². The van der Waals surface area contributed by atoms with E-state index in [4.69, 9.17) is 4.74 Å². The first-order valence-corrected chi connectivity index (χ1v) is 5.83. The summed E-state index contributed by atoms with van der Waals surface area (Å²) in [4.78, 5) is 13.0. The maximum Gasteiger partial charge on any atom is 0.245 e. The summed E-state index contributed by atoms with van der Waals surface area (Å²) in [6, 6.07) is 0.317. The van der Waals surface area contributed by atoms with E-state index < -0.39 is 0 Å². The second-order valence-corrected chi connectivity index (χ2v) is 4.64. The molecule has 2 heterocycles. The predicted molar refractivity (Wildman–Crippen MR) is 66.3 cm³/mol. The fourth-order valence-corrected chi connectivity index (χ4v) is 1.97. The van der Waals surface area contributed by atoms with E-state index >= 15 is 0 Å². The number of hydrogen-bond donors (Lipinski definition) is 0. The van der Waals surface area contributed by atoms with Crippen LogP contribution in [0.25, 0.3) is 11.2 Å². The number of aromatic nitrogens is 4. The standard InChI is InChI=1S/C12H18N4O/c1-7(2)10-15-9-11(16(10)8(3)4)13-6-14-12(9)17-5/h6-8H,1-5H3. The van der Waals surface area contributed by atoms with Crippen molar-refractivity contribution in [2.75, 3.05) is 7.11 Å². The molecule has 0 atom stereocenters. The highest BCUT2D eigenvalue weighted by Crippen LogP contribution is 2.28. The molecule has 92 valence electrons. The lowest BCUT2D eigenvalue weighted by Gasteiger charge is -2.13. The van der Waals surface area contributed by atoms with Crippen molar-refractivity contribution in [3.05, 3.63) is 12.2 Å².